The standard InChI is InChI=1S/C23H22O4.2C22H20O4.C21H18O4/c1-14-11-16(5-10-21(14)26-2)23-19-9-8-18(25)12-22(19)27-13-20(23)15-3-6-17(24)7-4-15;1-25-18-9-4-15(5-10-18)22-19-11-8-17(24)12-21(19)26-13-20(22)14-2-6-16(23)7-3-14;1-13-10-15(4-9-20(13)25)22-18-8-7-17(24)11-21(18)26-12-19(22)14-2-5-16(23)6-3-14;22-15-5-1-13(2-6-15)19-12-25-20-11-17(24)9-10-18(20)21(19)14-3-7-16(23)8-4-14/h3-12,20,23-25H,13H2,1-2H3;2-12,20,22-24H,13H2,1H3;2-11,19,22-25H,12H2,1H3;1-11,19,21-24H,12H2/t20-,23-;20-,22-;19-,22-;19-,21-/m1111/s1. The van der Waals surface area contributed by atoms with E-state index in [0.29, 0.717) is 49.4 Å². The Morgan fingerprint density at radius 2 is 0.500 bits per heavy atom. The van der Waals surface area contributed by atoms with Crippen molar-refractivity contribution >= 4 is 0 Å². The molecular formula is C88H80O16. The highest BCUT2D eigenvalue weighted by Gasteiger charge is 2.38. The molecule has 0 amide bonds. The maximum absolute atomic E-state index is 9.90. The molecule has 0 unspecified atom stereocenters. The molecule has 0 fully saturated rings. The maximum atomic E-state index is 9.90. The number of phenols is 10. The monoisotopic (exact) mass is 1390 g/mol. The predicted molar refractivity (Wildman–Crippen MR) is 397 cm³/mol. The highest BCUT2D eigenvalue weighted by molar-refractivity contribution is 5.57. The minimum Gasteiger partial charge on any atom is -0.508 e. The second-order valence-electron chi connectivity index (χ2n) is 26.5. The van der Waals surface area contributed by atoms with E-state index in [2.05, 4.69) is 24.3 Å². The summed E-state index contributed by atoms with van der Waals surface area (Å²) in [6.07, 6.45) is 0. The number of rotatable bonds is 10. The van der Waals surface area contributed by atoms with Crippen LogP contribution in [0.2, 0.25) is 0 Å². The largest absolute Gasteiger partial charge is 0.508 e. The highest BCUT2D eigenvalue weighted by atomic mass is 16.5. The van der Waals surface area contributed by atoms with Crippen LogP contribution in [0.25, 0.3) is 0 Å². The van der Waals surface area contributed by atoms with Gasteiger partial charge in [0.1, 0.15) is 92.0 Å². The molecule has 4 heterocycles. The van der Waals surface area contributed by atoms with Crippen LogP contribution < -0.4 is 28.4 Å². The number of hydrogen-bond donors (Lipinski definition) is 10. The smallest absolute Gasteiger partial charge is 0.126 e. The summed E-state index contributed by atoms with van der Waals surface area (Å²) in [5.41, 5.74) is 14.8. The molecule has 16 rings (SSSR count). The van der Waals surface area contributed by atoms with Gasteiger partial charge in [0, 0.05) is 93.9 Å². The quantitative estimate of drug-likeness (QED) is 0.0611. The van der Waals surface area contributed by atoms with Gasteiger partial charge >= 0.3 is 0 Å². The minimum atomic E-state index is 0.0168. The Labute approximate surface area is 603 Å². The molecule has 104 heavy (non-hydrogen) atoms. The van der Waals surface area contributed by atoms with Gasteiger partial charge in [-0.25, -0.2) is 0 Å². The average Bonchev–Trinajstić information content (AvgIpc) is 0.771. The van der Waals surface area contributed by atoms with Gasteiger partial charge in [0.25, 0.3) is 0 Å². The molecule has 16 nitrogen and oxygen atoms in total. The van der Waals surface area contributed by atoms with Crippen molar-refractivity contribution in [3.05, 3.63) is 333 Å². The summed E-state index contributed by atoms with van der Waals surface area (Å²) in [4.78, 5) is 0. The first-order valence-electron chi connectivity index (χ1n) is 34.2. The van der Waals surface area contributed by atoms with Crippen molar-refractivity contribution < 1.29 is 79.5 Å². The second-order valence-corrected chi connectivity index (χ2v) is 26.5. The fourth-order valence-electron chi connectivity index (χ4n) is 14.7. The van der Waals surface area contributed by atoms with Crippen molar-refractivity contribution in [1.82, 2.24) is 0 Å². The average molecular weight is 1390 g/mol. The van der Waals surface area contributed by atoms with Gasteiger partial charge in [-0.05, 0) is 179 Å². The molecule has 0 spiro atoms. The van der Waals surface area contributed by atoms with E-state index in [9.17, 15) is 51.1 Å². The fraction of sp³-hybridized carbons (Fsp3) is 0.182. The van der Waals surface area contributed by atoms with E-state index in [4.69, 9.17) is 28.4 Å². The Bertz CT molecular complexity index is 4950. The zero-order valence-electron chi connectivity index (χ0n) is 57.6. The number of phenolic OH excluding ortho intramolecular Hbond substituents is 10. The lowest BCUT2D eigenvalue weighted by atomic mass is 9.75. The number of methoxy groups -OCH3 is 2. The van der Waals surface area contributed by atoms with Gasteiger partial charge < -0.3 is 79.5 Å². The molecule has 0 bridgehead atoms. The normalized spacial score (nSPS) is 18.7. The summed E-state index contributed by atoms with van der Waals surface area (Å²) in [6.45, 7) is 5.84. The van der Waals surface area contributed by atoms with Gasteiger partial charge in [0.05, 0.1) is 40.6 Å². The van der Waals surface area contributed by atoms with Crippen molar-refractivity contribution in [3.63, 3.8) is 0 Å². The van der Waals surface area contributed by atoms with Gasteiger partial charge in [0.2, 0.25) is 0 Å². The van der Waals surface area contributed by atoms with Crippen LogP contribution >= 0.6 is 0 Å². The van der Waals surface area contributed by atoms with Gasteiger partial charge in [-0.1, -0.05) is 121 Å². The van der Waals surface area contributed by atoms with Gasteiger partial charge in [0.15, 0.2) is 0 Å². The summed E-state index contributed by atoms with van der Waals surface area (Å²) in [7, 11) is 3.33. The summed E-state index contributed by atoms with van der Waals surface area (Å²) in [5, 5.41) is 97.2. The van der Waals surface area contributed by atoms with Crippen LogP contribution in [0.1, 0.15) is 125 Å². The molecule has 0 aliphatic carbocycles. The Balaban J connectivity index is 0.000000123. The maximum Gasteiger partial charge on any atom is 0.126 e. The molecule has 10 N–H and O–H groups in total. The second kappa shape index (κ2) is 30.7. The lowest BCUT2D eigenvalue weighted by Crippen LogP contribution is -2.25. The SMILES string of the molecule is COc1ccc([C@@H]2c3ccc(O)cc3OC[C@@H]2c2ccc(O)cc2)cc1.COc1ccc([C@@H]2c3ccc(O)cc3OC[C@@H]2c2ccc(O)cc2)cc1C.Cc1cc([C@@H]2c3ccc(O)cc3OC[C@@H]2c2ccc(O)cc2)ccc1O.Oc1ccc([C@@H]2c3ccc(O)cc3OC[C@@H]2c2ccc(O)cc2)cc1. The summed E-state index contributed by atoms with van der Waals surface area (Å²) in [5.74, 6) is 7.12. The van der Waals surface area contributed by atoms with Gasteiger partial charge in [-0.15, -0.1) is 0 Å². The number of aromatic hydroxyl groups is 10. The number of benzene rings is 12. The van der Waals surface area contributed by atoms with E-state index in [1.54, 1.807) is 129 Å². The predicted octanol–water partition coefficient (Wildman–Crippen LogP) is 17.7. The minimum absolute atomic E-state index is 0.0168. The number of aryl methyl sites for hydroxylation is 2. The van der Waals surface area contributed by atoms with Gasteiger partial charge in [-0.2, -0.15) is 0 Å². The topological polar surface area (TPSA) is 258 Å². The molecule has 8 atom stereocenters. The first-order valence-corrected chi connectivity index (χ1v) is 34.2. The Morgan fingerprint density at radius 1 is 0.250 bits per heavy atom. The molecule has 0 saturated heterocycles. The Morgan fingerprint density at radius 3 is 0.779 bits per heavy atom. The van der Waals surface area contributed by atoms with Crippen LogP contribution in [0.15, 0.2) is 255 Å². The number of fused-ring (bicyclic) bond motifs is 4. The van der Waals surface area contributed by atoms with Crippen LogP contribution in [0.5, 0.6) is 92.0 Å². The molecule has 0 saturated carbocycles. The Hall–Kier alpha value is -12.6. The van der Waals surface area contributed by atoms with Crippen molar-refractivity contribution in [2.45, 2.75) is 61.2 Å². The third-order valence-electron chi connectivity index (χ3n) is 20.0. The first-order chi connectivity index (χ1) is 50.4. The summed E-state index contributed by atoms with van der Waals surface area (Å²) >= 11 is 0. The molecule has 12 aromatic carbocycles. The molecule has 528 valence electrons. The zero-order valence-corrected chi connectivity index (χ0v) is 57.6. The third kappa shape index (κ3) is 15.4. The molecule has 16 heteroatoms. The first kappa shape index (κ1) is 69.9. The van der Waals surface area contributed by atoms with E-state index in [-0.39, 0.29) is 105 Å². The number of hydrogen-bond acceptors (Lipinski definition) is 16. The molecule has 0 aromatic heterocycles. The molecule has 0 radical (unpaired) electrons. The lowest BCUT2D eigenvalue weighted by molar-refractivity contribution is 0.247. The fourth-order valence-corrected chi connectivity index (χ4v) is 14.7. The van der Waals surface area contributed by atoms with E-state index in [0.717, 1.165) is 83.8 Å². The van der Waals surface area contributed by atoms with E-state index < -0.39 is 0 Å². The van der Waals surface area contributed by atoms with Crippen LogP contribution in [0, 0.1) is 13.8 Å². The van der Waals surface area contributed by atoms with Crippen LogP contribution in [-0.2, 0) is 0 Å². The Kier molecular flexibility index (Phi) is 20.7. The van der Waals surface area contributed by atoms with E-state index in [1.165, 1.54) is 5.56 Å². The lowest BCUT2D eigenvalue weighted by Gasteiger charge is -2.34. The summed E-state index contributed by atoms with van der Waals surface area (Å²) < 4.78 is 34.5. The molecular weight excluding hydrogens is 1310 g/mol. The molecule has 4 aliphatic heterocycles. The van der Waals surface area contributed by atoms with Crippen LogP contribution in [0.3, 0.4) is 0 Å². The molecule has 4 aliphatic rings. The summed E-state index contributed by atoms with van der Waals surface area (Å²) in [6, 6.07) is 77.0. The van der Waals surface area contributed by atoms with Crippen molar-refractivity contribution in [2.24, 2.45) is 0 Å². The van der Waals surface area contributed by atoms with Crippen molar-refractivity contribution in [2.75, 3.05) is 40.6 Å². The highest BCUT2D eigenvalue weighted by Crippen LogP contribution is 2.52. The molecule has 12 aromatic rings. The van der Waals surface area contributed by atoms with Crippen LogP contribution in [-0.4, -0.2) is 91.7 Å². The third-order valence-corrected chi connectivity index (χ3v) is 20.0. The zero-order chi connectivity index (χ0) is 72.7. The van der Waals surface area contributed by atoms with E-state index >= 15 is 0 Å². The van der Waals surface area contributed by atoms with Crippen molar-refractivity contribution in [3.8, 4) is 92.0 Å². The number of ether oxygens (including phenoxy) is 6. The van der Waals surface area contributed by atoms with Crippen LogP contribution in [0.4, 0.5) is 0 Å². The van der Waals surface area contributed by atoms with Crippen molar-refractivity contribution in [1.29, 1.82) is 0 Å². The van der Waals surface area contributed by atoms with Gasteiger partial charge in [-0.3, -0.25) is 0 Å². The van der Waals surface area contributed by atoms with E-state index in [1.807, 2.05) is 129 Å².